The van der Waals surface area contributed by atoms with Crippen molar-refractivity contribution in [3.63, 3.8) is 0 Å². The summed E-state index contributed by atoms with van der Waals surface area (Å²) in [5.74, 6) is 0.666. The van der Waals surface area contributed by atoms with Crippen LogP contribution in [0.5, 0.6) is 0 Å². The van der Waals surface area contributed by atoms with Crippen molar-refractivity contribution in [2.45, 2.75) is 39.2 Å². The van der Waals surface area contributed by atoms with Gasteiger partial charge in [-0.3, -0.25) is 9.89 Å². The summed E-state index contributed by atoms with van der Waals surface area (Å²) in [7, 11) is 0. The molecule has 6 heteroatoms. The van der Waals surface area contributed by atoms with E-state index in [4.69, 9.17) is 5.73 Å². The van der Waals surface area contributed by atoms with E-state index in [9.17, 15) is 4.79 Å². The van der Waals surface area contributed by atoms with Crippen molar-refractivity contribution in [2.24, 2.45) is 5.73 Å². The SMILES string of the molecule is CCCc1nc(C(=O)NC(CC)CN)n[nH]1. The number of H-pyrrole nitrogens is 1. The van der Waals surface area contributed by atoms with Gasteiger partial charge in [-0.1, -0.05) is 13.8 Å². The van der Waals surface area contributed by atoms with Crippen LogP contribution >= 0.6 is 0 Å². The van der Waals surface area contributed by atoms with Gasteiger partial charge in [0.2, 0.25) is 5.82 Å². The number of hydrogen-bond donors (Lipinski definition) is 3. The van der Waals surface area contributed by atoms with Gasteiger partial charge in [0.25, 0.3) is 5.91 Å². The first kappa shape index (κ1) is 12.6. The summed E-state index contributed by atoms with van der Waals surface area (Å²) in [5, 5.41) is 9.39. The quantitative estimate of drug-likeness (QED) is 0.645. The van der Waals surface area contributed by atoms with Crippen LogP contribution in [0.25, 0.3) is 0 Å². The molecule has 1 unspecified atom stereocenters. The summed E-state index contributed by atoms with van der Waals surface area (Å²) < 4.78 is 0. The third-order valence-electron chi connectivity index (χ3n) is 2.33. The Hall–Kier alpha value is -1.43. The van der Waals surface area contributed by atoms with E-state index in [1.807, 2.05) is 13.8 Å². The molecule has 6 nitrogen and oxygen atoms in total. The van der Waals surface area contributed by atoms with E-state index in [1.54, 1.807) is 0 Å². The zero-order valence-electron chi connectivity index (χ0n) is 9.79. The van der Waals surface area contributed by atoms with Crippen LogP contribution in [0, 0.1) is 0 Å². The number of hydrogen-bond acceptors (Lipinski definition) is 4. The maximum absolute atomic E-state index is 11.7. The monoisotopic (exact) mass is 225 g/mol. The standard InChI is InChI=1S/C10H19N5O/c1-3-5-8-13-9(15-14-8)10(16)12-7(4-2)6-11/h7H,3-6,11H2,1-2H3,(H,12,16)(H,13,14,15). The molecular weight excluding hydrogens is 206 g/mol. The summed E-state index contributed by atoms with van der Waals surface area (Å²) in [4.78, 5) is 15.8. The minimum atomic E-state index is -0.268. The summed E-state index contributed by atoms with van der Waals surface area (Å²) >= 11 is 0. The molecular formula is C10H19N5O. The van der Waals surface area contributed by atoms with Gasteiger partial charge in [-0.05, 0) is 12.8 Å². The number of amides is 1. The van der Waals surface area contributed by atoms with Crippen LogP contribution in [0.3, 0.4) is 0 Å². The molecule has 0 aliphatic carbocycles. The van der Waals surface area contributed by atoms with Gasteiger partial charge in [-0.25, -0.2) is 4.98 Å². The van der Waals surface area contributed by atoms with Crippen LogP contribution in [-0.4, -0.2) is 33.7 Å². The fourth-order valence-electron chi connectivity index (χ4n) is 1.32. The summed E-state index contributed by atoms with van der Waals surface area (Å²) in [6.07, 6.45) is 2.57. The van der Waals surface area contributed by atoms with Gasteiger partial charge in [0.15, 0.2) is 0 Å². The zero-order valence-corrected chi connectivity index (χ0v) is 9.79. The van der Waals surface area contributed by atoms with Crippen LogP contribution in [0.15, 0.2) is 0 Å². The van der Waals surface area contributed by atoms with Gasteiger partial charge >= 0.3 is 0 Å². The van der Waals surface area contributed by atoms with Gasteiger partial charge < -0.3 is 11.1 Å². The van der Waals surface area contributed by atoms with Crippen molar-refractivity contribution >= 4 is 5.91 Å². The van der Waals surface area contributed by atoms with E-state index in [0.29, 0.717) is 6.54 Å². The van der Waals surface area contributed by atoms with Gasteiger partial charge in [0.1, 0.15) is 5.82 Å². The molecule has 1 heterocycles. The molecule has 0 saturated heterocycles. The van der Waals surface area contributed by atoms with E-state index in [1.165, 1.54) is 0 Å². The van der Waals surface area contributed by atoms with Crippen LogP contribution < -0.4 is 11.1 Å². The van der Waals surface area contributed by atoms with Gasteiger partial charge in [0.05, 0.1) is 0 Å². The Kier molecular flexibility index (Phi) is 4.91. The maximum atomic E-state index is 11.7. The van der Waals surface area contributed by atoms with Crippen molar-refractivity contribution in [3.8, 4) is 0 Å². The molecule has 0 aromatic carbocycles. The number of aryl methyl sites for hydroxylation is 1. The number of nitrogens with zero attached hydrogens (tertiary/aromatic N) is 2. The lowest BCUT2D eigenvalue weighted by atomic mass is 10.2. The number of nitrogens with one attached hydrogen (secondary N) is 2. The average Bonchev–Trinajstić information content (AvgIpc) is 2.74. The number of carbonyl (C=O) groups excluding carboxylic acids is 1. The second-order valence-corrected chi connectivity index (χ2v) is 3.67. The second kappa shape index (κ2) is 6.22. The minimum Gasteiger partial charge on any atom is -0.345 e. The molecule has 0 aliphatic heterocycles. The van der Waals surface area contributed by atoms with Crippen LogP contribution in [-0.2, 0) is 6.42 Å². The Morgan fingerprint density at radius 3 is 2.88 bits per heavy atom. The Morgan fingerprint density at radius 1 is 1.56 bits per heavy atom. The van der Waals surface area contributed by atoms with Gasteiger partial charge in [0, 0.05) is 19.0 Å². The first-order valence-electron chi connectivity index (χ1n) is 5.63. The Morgan fingerprint density at radius 2 is 2.31 bits per heavy atom. The Labute approximate surface area is 95.0 Å². The average molecular weight is 225 g/mol. The molecule has 1 aromatic heterocycles. The highest BCUT2D eigenvalue weighted by atomic mass is 16.2. The normalized spacial score (nSPS) is 12.4. The smallest absolute Gasteiger partial charge is 0.291 e. The first-order valence-corrected chi connectivity index (χ1v) is 5.63. The largest absolute Gasteiger partial charge is 0.345 e. The molecule has 16 heavy (non-hydrogen) atoms. The highest BCUT2D eigenvalue weighted by molar-refractivity contribution is 5.90. The topological polar surface area (TPSA) is 96.7 Å². The van der Waals surface area contributed by atoms with Crippen molar-refractivity contribution < 1.29 is 4.79 Å². The molecule has 1 rings (SSSR count). The third kappa shape index (κ3) is 3.30. The highest BCUT2D eigenvalue weighted by Crippen LogP contribution is 1.97. The first-order chi connectivity index (χ1) is 7.71. The van der Waals surface area contributed by atoms with Crippen LogP contribution in [0.4, 0.5) is 0 Å². The fraction of sp³-hybridized carbons (Fsp3) is 0.700. The summed E-state index contributed by atoms with van der Waals surface area (Å²) in [5.41, 5.74) is 5.50. The van der Waals surface area contributed by atoms with Gasteiger partial charge in [-0.15, -0.1) is 5.10 Å². The molecule has 90 valence electrons. The third-order valence-corrected chi connectivity index (χ3v) is 2.33. The van der Waals surface area contributed by atoms with E-state index >= 15 is 0 Å². The lowest BCUT2D eigenvalue weighted by Crippen LogP contribution is -2.40. The van der Waals surface area contributed by atoms with Gasteiger partial charge in [-0.2, -0.15) is 0 Å². The van der Waals surface area contributed by atoms with E-state index in [2.05, 4.69) is 20.5 Å². The van der Waals surface area contributed by atoms with E-state index in [-0.39, 0.29) is 17.8 Å². The highest BCUT2D eigenvalue weighted by Gasteiger charge is 2.15. The molecule has 0 radical (unpaired) electrons. The van der Waals surface area contributed by atoms with Crippen molar-refractivity contribution in [2.75, 3.05) is 6.54 Å². The molecule has 1 aromatic rings. The Bertz CT molecular complexity index is 332. The van der Waals surface area contributed by atoms with E-state index < -0.39 is 0 Å². The van der Waals surface area contributed by atoms with Crippen molar-refractivity contribution in [1.29, 1.82) is 0 Å². The number of rotatable bonds is 6. The molecule has 1 amide bonds. The van der Waals surface area contributed by atoms with Crippen molar-refractivity contribution in [3.05, 3.63) is 11.6 Å². The molecule has 0 saturated carbocycles. The van der Waals surface area contributed by atoms with Crippen LogP contribution in [0.2, 0.25) is 0 Å². The zero-order chi connectivity index (χ0) is 12.0. The number of carbonyl (C=O) groups is 1. The molecule has 0 spiro atoms. The number of aromatic nitrogens is 3. The Balaban J connectivity index is 2.58. The minimum absolute atomic E-state index is 0.0133. The van der Waals surface area contributed by atoms with E-state index in [0.717, 1.165) is 25.1 Å². The molecule has 1 atom stereocenters. The van der Waals surface area contributed by atoms with Crippen LogP contribution in [0.1, 0.15) is 43.1 Å². The molecule has 0 fully saturated rings. The predicted octanol–water partition coefficient (Wildman–Crippen LogP) is 0.224. The fourth-order valence-corrected chi connectivity index (χ4v) is 1.32. The lowest BCUT2D eigenvalue weighted by molar-refractivity contribution is 0.0927. The molecule has 4 N–H and O–H groups in total. The predicted molar refractivity (Wildman–Crippen MR) is 61.0 cm³/mol. The number of nitrogens with two attached hydrogens (primary N) is 1. The van der Waals surface area contributed by atoms with Crippen molar-refractivity contribution in [1.82, 2.24) is 20.5 Å². The maximum Gasteiger partial charge on any atom is 0.291 e. The summed E-state index contributed by atoms with van der Waals surface area (Å²) in [6.45, 7) is 4.44. The lowest BCUT2D eigenvalue weighted by Gasteiger charge is -2.12. The summed E-state index contributed by atoms with van der Waals surface area (Å²) in [6, 6.07) is -0.0133. The second-order valence-electron chi connectivity index (χ2n) is 3.67. The molecule has 0 bridgehead atoms. The molecule has 0 aliphatic rings. The number of aromatic amines is 1.